The van der Waals surface area contributed by atoms with Gasteiger partial charge in [0, 0.05) is 13.0 Å². The summed E-state index contributed by atoms with van der Waals surface area (Å²) in [5.74, 6) is -0.190. The van der Waals surface area contributed by atoms with Crippen molar-refractivity contribution in [1.29, 1.82) is 5.26 Å². The predicted molar refractivity (Wildman–Crippen MR) is 72.6 cm³/mol. The fourth-order valence-corrected chi connectivity index (χ4v) is 2.59. The number of hydrogen-bond donors (Lipinski definition) is 0. The van der Waals surface area contributed by atoms with Crippen LogP contribution in [0.15, 0.2) is 30.3 Å². The summed E-state index contributed by atoms with van der Waals surface area (Å²) in [6.45, 7) is 2.72. The van der Waals surface area contributed by atoms with Gasteiger partial charge in [-0.25, -0.2) is 0 Å². The molecule has 0 N–H and O–H groups in total. The monoisotopic (exact) mass is 257 g/mol. The van der Waals surface area contributed by atoms with Crippen molar-refractivity contribution in [3.8, 4) is 6.07 Å². The molecule has 1 aliphatic rings. The number of benzene rings is 1. The third-order valence-electron chi connectivity index (χ3n) is 3.67. The molecule has 0 spiro atoms. The molecule has 1 fully saturated rings. The number of nitriles is 1. The van der Waals surface area contributed by atoms with Gasteiger partial charge >= 0.3 is 0 Å². The summed E-state index contributed by atoms with van der Waals surface area (Å²) in [4.78, 5) is 12.2. The van der Waals surface area contributed by atoms with Gasteiger partial charge in [0.05, 0.1) is 12.2 Å². The predicted octanol–water partition coefficient (Wildman–Crippen LogP) is 3.07. The molecule has 0 radical (unpaired) electrons. The standard InChI is InChI=1S/C16H19NO2/c1-2-19-14-8-12(9-14)10-16(18)15(11-17)13-6-4-3-5-7-13/h3-7,12,14-15H,2,8-10H2,1H3. The Kier molecular flexibility index (Phi) is 4.70. The Morgan fingerprint density at radius 3 is 2.68 bits per heavy atom. The molecule has 0 heterocycles. The molecular formula is C16H19NO2. The summed E-state index contributed by atoms with van der Waals surface area (Å²) in [5.41, 5.74) is 0.802. The van der Waals surface area contributed by atoms with E-state index >= 15 is 0 Å². The summed E-state index contributed by atoms with van der Waals surface area (Å²) in [7, 11) is 0. The number of carbonyl (C=O) groups excluding carboxylic acids is 1. The van der Waals surface area contributed by atoms with Crippen molar-refractivity contribution in [3.63, 3.8) is 0 Å². The Morgan fingerprint density at radius 1 is 1.42 bits per heavy atom. The third kappa shape index (κ3) is 3.42. The summed E-state index contributed by atoms with van der Waals surface area (Å²) >= 11 is 0. The first-order chi connectivity index (χ1) is 9.24. The highest BCUT2D eigenvalue weighted by molar-refractivity contribution is 5.88. The Morgan fingerprint density at radius 2 is 2.11 bits per heavy atom. The highest BCUT2D eigenvalue weighted by Crippen LogP contribution is 2.34. The lowest BCUT2D eigenvalue weighted by atomic mass is 9.77. The van der Waals surface area contributed by atoms with Crippen LogP contribution >= 0.6 is 0 Å². The van der Waals surface area contributed by atoms with Crippen molar-refractivity contribution in [2.75, 3.05) is 6.61 Å². The van der Waals surface area contributed by atoms with Gasteiger partial charge in [0.1, 0.15) is 5.92 Å². The summed E-state index contributed by atoms with van der Waals surface area (Å²) < 4.78 is 5.48. The number of rotatable bonds is 6. The van der Waals surface area contributed by atoms with Gasteiger partial charge in [-0.05, 0) is 31.2 Å². The lowest BCUT2D eigenvalue weighted by molar-refractivity contribution is -0.122. The van der Waals surface area contributed by atoms with E-state index in [9.17, 15) is 10.1 Å². The lowest BCUT2D eigenvalue weighted by Gasteiger charge is -2.34. The van der Waals surface area contributed by atoms with Gasteiger partial charge in [-0.2, -0.15) is 5.26 Å². The molecule has 19 heavy (non-hydrogen) atoms. The van der Waals surface area contributed by atoms with E-state index in [0.717, 1.165) is 25.0 Å². The van der Waals surface area contributed by atoms with Gasteiger partial charge in [0.2, 0.25) is 0 Å². The van der Waals surface area contributed by atoms with Gasteiger partial charge in [-0.3, -0.25) is 4.79 Å². The molecular weight excluding hydrogens is 238 g/mol. The van der Waals surface area contributed by atoms with Crippen molar-refractivity contribution in [1.82, 2.24) is 0 Å². The molecule has 2 rings (SSSR count). The SMILES string of the molecule is CCOC1CC(CC(=O)C(C#N)c2ccccc2)C1. The van der Waals surface area contributed by atoms with Crippen LogP contribution < -0.4 is 0 Å². The van der Waals surface area contributed by atoms with E-state index in [1.807, 2.05) is 37.3 Å². The maximum atomic E-state index is 12.2. The Labute approximate surface area is 114 Å². The highest BCUT2D eigenvalue weighted by atomic mass is 16.5. The molecule has 0 aromatic heterocycles. The molecule has 3 nitrogen and oxygen atoms in total. The van der Waals surface area contributed by atoms with E-state index in [0.29, 0.717) is 18.4 Å². The minimum atomic E-state index is -0.618. The van der Waals surface area contributed by atoms with Gasteiger partial charge < -0.3 is 4.74 Å². The van der Waals surface area contributed by atoms with Gasteiger partial charge in [0.15, 0.2) is 5.78 Å². The molecule has 1 atom stereocenters. The average Bonchev–Trinajstić information content (AvgIpc) is 2.38. The van der Waals surface area contributed by atoms with Crippen molar-refractivity contribution < 1.29 is 9.53 Å². The normalized spacial score (nSPS) is 23.2. The lowest BCUT2D eigenvalue weighted by Crippen LogP contribution is -2.33. The van der Waals surface area contributed by atoms with Crippen LogP contribution in [-0.4, -0.2) is 18.5 Å². The first-order valence-corrected chi connectivity index (χ1v) is 6.83. The van der Waals surface area contributed by atoms with E-state index in [1.54, 1.807) is 0 Å². The minimum absolute atomic E-state index is 0.0358. The number of ether oxygens (including phenoxy) is 1. The maximum Gasteiger partial charge on any atom is 0.154 e. The van der Waals surface area contributed by atoms with Crippen molar-refractivity contribution in [3.05, 3.63) is 35.9 Å². The summed E-state index contributed by atoms with van der Waals surface area (Å²) in [6, 6.07) is 11.4. The molecule has 1 aliphatic carbocycles. The zero-order valence-corrected chi connectivity index (χ0v) is 11.2. The molecule has 1 aromatic carbocycles. The number of hydrogen-bond acceptors (Lipinski definition) is 3. The van der Waals surface area contributed by atoms with E-state index in [2.05, 4.69) is 6.07 Å². The first kappa shape index (κ1) is 13.8. The van der Waals surface area contributed by atoms with E-state index in [4.69, 9.17) is 4.74 Å². The van der Waals surface area contributed by atoms with Crippen LogP contribution in [-0.2, 0) is 9.53 Å². The van der Waals surface area contributed by atoms with Crippen molar-refractivity contribution >= 4 is 5.78 Å². The van der Waals surface area contributed by atoms with Crippen LogP contribution in [0.3, 0.4) is 0 Å². The van der Waals surface area contributed by atoms with Crippen molar-refractivity contribution in [2.45, 2.75) is 38.2 Å². The number of ketones is 1. The molecule has 0 bridgehead atoms. The quantitative estimate of drug-likeness (QED) is 0.787. The van der Waals surface area contributed by atoms with E-state index in [-0.39, 0.29) is 5.78 Å². The average molecular weight is 257 g/mol. The maximum absolute atomic E-state index is 12.2. The number of Topliss-reactive ketones (excluding diaryl/α,β-unsaturated/α-hetero) is 1. The van der Waals surface area contributed by atoms with Crippen molar-refractivity contribution in [2.24, 2.45) is 5.92 Å². The highest BCUT2D eigenvalue weighted by Gasteiger charge is 2.33. The Hall–Kier alpha value is -1.66. The zero-order chi connectivity index (χ0) is 13.7. The fraction of sp³-hybridized carbons (Fsp3) is 0.500. The molecule has 1 saturated carbocycles. The Bertz CT molecular complexity index is 457. The summed E-state index contributed by atoms with van der Waals surface area (Å²) in [5, 5.41) is 9.19. The molecule has 3 heteroatoms. The van der Waals surface area contributed by atoms with Crippen LogP contribution in [0.5, 0.6) is 0 Å². The van der Waals surface area contributed by atoms with E-state index < -0.39 is 5.92 Å². The second-order valence-electron chi connectivity index (χ2n) is 5.06. The first-order valence-electron chi connectivity index (χ1n) is 6.83. The van der Waals surface area contributed by atoms with Crippen LogP contribution in [0.2, 0.25) is 0 Å². The second kappa shape index (κ2) is 6.49. The van der Waals surface area contributed by atoms with Gasteiger partial charge in [-0.1, -0.05) is 30.3 Å². The van der Waals surface area contributed by atoms with Crippen LogP contribution in [0.1, 0.15) is 37.7 Å². The molecule has 0 amide bonds. The zero-order valence-electron chi connectivity index (χ0n) is 11.2. The third-order valence-corrected chi connectivity index (χ3v) is 3.67. The number of nitrogens with zero attached hydrogens (tertiary/aromatic N) is 1. The molecule has 0 saturated heterocycles. The summed E-state index contributed by atoms with van der Waals surface area (Å²) in [6.07, 6.45) is 2.72. The largest absolute Gasteiger partial charge is 0.378 e. The van der Waals surface area contributed by atoms with E-state index in [1.165, 1.54) is 0 Å². The number of carbonyl (C=O) groups is 1. The molecule has 100 valence electrons. The molecule has 1 unspecified atom stereocenters. The molecule has 1 aromatic rings. The topological polar surface area (TPSA) is 50.1 Å². The van der Waals surface area contributed by atoms with Gasteiger partial charge in [0.25, 0.3) is 0 Å². The molecule has 0 aliphatic heterocycles. The minimum Gasteiger partial charge on any atom is -0.378 e. The fourth-order valence-electron chi connectivity index (χ4n) is 2.59. The van der Waals surface area contributed by atoms with Crippen LogP contribution in [0, 0.1) is 17.2 Å². The Balaban J connectivity index is 1.88. The van der Waals surface area contributed by atoms with Crippen LogP contribution in [0.25, 0.3) is 0 Å². The second-order valence-corrected chi connectivity index (χ2v) is 5.06. The van der Waals surface area contributed by atoms with Gasteiger partial charge in [-0.15, -0.1) is 0 Å². The smallest absolute Gasteiger partial charge is 0.154 e. The van der Waals surface area contributed by atoms with Crippen LogP contribution in [0.4, 0.5) is 0 Å².